The largest absolute Gasteiger partial charge is 1.00 e. The number of benzene rings is 1. The number of carbonyl (C=O) groups excluding carboxylic acids is 1. The zero-order valence-corrected chi connectivity index (χ0v) is 14.1. The van der Waals surface area contributed by atoms with E-state index in [0.29, 0.717) is 22.2 Å². The van der Waals surface area contributed by atoms with E-state index in [-0.39, 0.29) is 18.3 Å². The first-order valence-electron chi connectivity index (χ1n) is 6.64. The van der Waals surface area contributed by atoms with Gasteiger partial charge >= 0.3 is 0 Å². The monoisotopic (exact) mass is 338 g/mol. The number of carbonyl (C=O) groups is 1. The first-order chi connectivity index (χ1) is 9.06. The van der Waals surface area contributed by atoms with Crippen molar-refractivity contribution in [1.29, 1.82) is 0 Å². The van der Waals surface area contributed by atoms with Crippen LogP contribution in [0, 0.1) is 0 Å². The molecule has 6 heteroatoms. The zero-order valence-electron chi connectivity index (χ0n) is 11.8. The third-order valence-corrected chi connectivity index (χ3v) is 3.55. The van der Waals surface area contributed by atoms with Crippen LogP contribution in [0.25, 0.3) is 0 Å². The molecule has 3 nitrogen and oxygen atoms in total. The van der Waals surface area contributed by atoms with E-state index in [1.165, 1.54) is 0 Å². The van der Waals surface area contributed by atoms with E-state index in [4.69, 9.17) is 23.2 Å². The fourth-order valence-corrected chi connectivity index (χ4v) is 2.46. The predicted octanol–water partition coefficient (Wildman–Crippen LogP) is -0.958. The Morgan fingerprint density at radius 3 is 2.20 bits per heavy atom. The first-order valence-corrected chi connectivity index (χ1v) is 7.40. The van der Waals surface area contributed by atoms with Crippen molar-refractivity contribution in [3.8, 4) is 0 Å². The maximum atomic E-state index is 11.9. The highest BCUT2D eigenvalue weighted by Gasteiger charge is 2.08. The van der Waals surface area contributed by atoms with Gasteiger partial charge in [-0.15, -0.1) is 0 Å². The molecule has 0 atom stereocenters. The minimum atomic E-state index is -0.126. The highest BCUT2D eigenvalue weighted by atomic mass is 35.5. The lowest BCUT2D eigenvalue weighted by Crippen LogP contribution is -3.11. The number of rotatable bonds is 7. The Morgan fingerprint density at radius 1 is 1.15 bits per heavy atom. The van der Waals surface area contributed by atoms with Crippen molar-refractivity contribution in [1.82, 2.24) is 5.32 Å². The van der Waals surface area contributed by atoms with Gasteiger partial charge in [-0.1, -0.05) is 23.2 Å². The van der Waals surface area contributed by atoms with Gasteiger partial charge in [0.2, 0.25) is 0 Å². The Balaban J connectivity index is 0.00000361. The normalized spacial score (nSPS) is 10.2. The van der Waals surface area contributed by atoms with Crippen molar-refractivity contribution >= 4 is 29.1 Å². The smallest absolute Gasteiger partial charge is 0.251 e. The summed E-state index contributed by atoms with van der Waals surface area (Å²) in [6, 6.07) is 4.86. The first kappa shape index (κ1) is 19.5. The number of amides is 1. The van der Waals surface area contributed by atoms with Crippen LogP contribution in [-0.2, 0) is 0 Å². The van der Waals surface area contributed by atoms with Crippen molar-refractivity contribution < 1.29 is 22.1 Å². The lowest BCUT2D eigenvalue weighted by molar-refractivity contribution is -0.896. The van der Waals surface area contributed by atoms with Crippen molar-refractivity contribution in [3.63, 3.8) is 0 Å². The average Bonchev–Trinajstić information content (AvgIpc) is 2.37. The third-order valence-electron chi connectivity index (χ3n) is 3.12. The quantitative estimate of drug-likeness (QED) is 0.617. The van der Waals surface area contributed by atoms with Crippen molar-refractivity contribution in [2.45, 2.75) is 20.3 Å². The summed E-state index contributed by atoms with van der Waals surface area (Å²) in [7, 11) is 0. The molecule has 1 aromatic rings. The average molecular weight is 340 g/mol. The molecule has 0 aliphatic rings. The van der Waals surface area contributed by atoms with Gasteiger partial charge in [0.05, 0.1) is 19.6 Å². The molecule has 0 radical (unpaired) electrons. The Bertz CT molecular complexity index is 403. The molecule has 20 heavy (non-hydrogen) atoms. The van der Waals surface area contributed by atoms with Crippen LogP contribution in [0.3, 0.4) is 0 Å². The number of quaternary nitrogens is 1. The van der Waals surface area contributed by atoms with E-state index in [2.05, 4.69) is 19.2 Å². The van der Waals surface area contributed by atoms with Crippen LogP contribution in [0.15, 0.2) is 18.2 Å². The van der Waals surface area contributed by atoms with Gasteiger partial charge in [-0.25, -0.2) is 0 Å². The minimum absolute atomic E-state index is 0. The predicted molar refractivity (Wildman–Crippen MR) is 80.3 cm³/mol. The summed E-state index contributed by atoms with van der Waals surface area (Å²) in [5, 5.41) is 3.84. The molecular weight excluding hydrogens is 319 g/mol. The van der Waals surface area contributed by atoms with Crippen molar-refractivity contribution in [2.24, 2.45) is 0 Å². The van der Waals surface area contributed by atoms with Crippen LogP contribution in [0.1, 0.15) is 30.6 Å². The lowest BCUT2D eigenvalue weighted by atomic mass is 10.2. The van der Waals surface area contributed by atoms with Crippen LogP contribution >= 0.6 is 23.2 Å². The molecule has 0 aliphatic heterocycles. The molecule has 0 aliphatic carbocycles. The van der Waals surface area contributed by atoms with Crippen LogP contribution in [0.5, 0.6) is 0 Å². The molecule has 0 fully saturated rings. The number of hydrogen-bond acceptors (Lipinski definition) is 1. The van der Waals surface area contributed by atoms with Gasteiger partial charge in [0.25, 0.3) is 5.91 Å². The van der Waals surface area contributed by atoms with Gasteiger partial charge in [0, 0.05) is 28.6 Å². The maximum absolute atomic E-state index is 11.9. The van der Waals surface area contributed by atoms with Crippen molar-refractivity contribution in [3.05, 3.63) is 33.8 Å². The van der Waals surface area contributed by atoms with Crippen LogP contribution in [0.4, 0.5) is 0 Å². The molecule has 0 saturated heterocycles. The maximum Gasteiger partial charge on any atom is 0.251 e. The Hall–Kier alpha value is -0.480. The highest BCUT2D eigenvalue weighted by molar-refractivity contribution is 6.35. The van der Waals surface area contributed by atoms with E-state index in [1.807, 2.05) is 0 Å². The Labute approximate surface area is 137 Å². The second-order valence-corrected chi connectivity index (χ2v) is 5.35. The SMILES string of the molecule is CC[NH+](CC)CCCNC(=O)c1cc(Cl)cc(Cl)c1.[Cl-]. The summed E-state index contributed by atoms with van der Waals surface area (Å²) in [5.74, 6) is -0.126. The molecule has 0 bridgehead atoms. The lowest BCUT2D eigenvalue weighted by Gasteiger charge is -2.15. The molecule has 2 N–H and O–H groups in total. The van der Waals surface area contributed by atoms with Gasteiger partial charge in [0.15, 0.2) is 0 Å². The van der Waals surface area contributed by atoms with Crippen LogP contribution in [-0.4, -0.2) is 32.1 Å². The zero-order chi connectivity index (χ0) is 14.3. The summed E-state index contributed by atoms with van der Waals surface area (Å²) in [5.41, 5.74) is 0.507. The minimum Gasteiger partial charge on any atom is -1.00 e. The van der Waals surface area contributed by atoms with E-state index >= 15 is 0 Å². The van der Waals surface area contributed by atoms with Crippen LogP contribution in [0.2, 0.25) is 10.0 Å². The molecule has 0 saturated carbocycles. The molecule has 114 valence electrons. The summed E-state index contributed by atoms with van der Waals surface area (Å²) >= 11 is 11.7. The number of halogens is 3. The third kappa shape index (κ3) is 6.80. The van der Waals surface area contributed by atoms with Gasteiger partial charge in [-0.2, -0.15) is 0 Å². The topological polar surface area (TPSA) is 33.5 Å². The molecule has 0 spiro atoms. The number of nitrogens with one attached hydrogen (secondary N) is 2. The van der Waals surface area contributed by atoms with Gasteiger partial charge in [0.1, 0.15) is 0 Å². The Morgan fingerprint density at radius 2 is 1.70 bits per heavy atom. The molecular formula is C14H21Cl3N2O. The van der Waals surface area contributed by atoms with Crippen molar-refractivity contribution in [2.75, 3.05) is 26.2 Å². The standard InChI is InChI=1S/C14H20Cl2N2O.ClH/c1-3-18(4-2)7-5-6-17-14(19)11-8-12(15)10-13(16)9-11;/h8-10H,3-7H2,1-2H3,(H,17,19);1H. The van der Waals surface area contributed by atoms with E-state index in [1.54, 1.807) is 23.1 Å². The van der Waals surface area contributed by atoms with Gasteiger partial charge in [-0.05, 0) is 32.0 Å². The molecule has 1 amide bonds. The summed E-state index contributed by atoms with van der Waals surface area (Å²) < 4.78 is 0. The molecule has 0 heterocycles. The van der Waals surface area contributed by atoms with E-state index in [9.17, 15) is 4.79 Å². The molecule has 1 aromatic carbocycles. The second kappa shape index (κ2) is 10.3. The van der Waals surface area contributed by atoms with E-state index in [0.717, 1.165) is 26.1 Å². The second-order valence-electron chi connectivity index (χ2n) is 4.47. The molecule has 0 aromatic heterocycles. The number of hydrogen-bond donors (Lipinski definition) is 2. The molecule has 1 rings (SSSR count). The summed E-state index contributed by atoms with van der Waals surface area (Å²) in [6.45, 7) is 8.33. The summed E-state index contributed by atoms with van der Waals surface area (Å²) in [6.07, 6.45) is 0.969. The molecule has 0 unspecified atom stereocenters. The highest BCUT2D eigenvalue weighted by Crippen LogP contribution is 2.18. The van der Waals surface area contributed by atoms with Crippen LogP contribution < -0.4 is 22.6 Å². The Kier molecular flexibility index (Phi) is 10.0. The van der Waals surface area contributed by atoms with Gasteiger partial charge in [-0.3, -0.25) is 4.79 Å². The fraction of sp³-hybridized carbons (Fsp3) is 0.500. The van der Waals surface area contributed by atoms with E-state index < -0.39 is 0 Å². The fourth-order valence-electron chi connectivity index (χ4n) is 1.93. The summed E-state index contributed by atoms with van der Waals surface area (Å²) in [4.78, 5) is 13.4. The van der Waals surface area contributed by atoms with Gasteiger partial charge < -0.3 is 22.6 Å².